The Bertz CT molecular complexity index is 1440. The van der Waals surface area contributed by atoms with Crippen molar-refractivity contribution >= 4 is 34.6 Å². The van der Waals surface area contributed by atoms with Gasteiger partial charge < -0.3 is 14.7 Å². The van der Waals surface area contributed by atoms with Crippen molar-refractivity contribution in [1.82, 2.24) is 14.9 Å². The molecule has 184 valence electrons. The molecule has 5 rings (SSSR count). The zero-order chi connectivity index (χ0) is 25.3. The minimum Gasteiger partial charge on any atom is -0.385 e. The summed E-state index contributed by atoms with van der Waals surface area (Å²) in [6.45, 7) is 0.232. The van der Waals surface area contributed by atoms with E-state index in [4.69, 9.17) is 0 Å². The smallest absolute Gasteiger partial charge is 0.253 e. The summed E-state index contributed by atoms with van der Waals surface area (Å²) in [5.74, 6) is -3.12. The fourth-order valence-corrected chi connectivity index (χ4v) is 5.07. The Morgan fingerprint density at radius 2 is 1.72 bits per heavy atom. The van der Waals surface area contributed by atoms with Gasteiger partial charge in [-0.3, -0.25) is 14.8 Å². The van der Waals surface area contributed by atoms with Crippen LogP contribution in [0.25, 0.3) is 11.0 Å². The number of halogens is 3. The van der Waals surface area contributed by atoms with Gasteiger partial charge >= 0.3 is 0 Å². The van der Waals surface area contributed by atoms with Crippen LogP contribution in [0.1, 0.15) is 28.8 Å². The Morgan fingerprint density at radius 3 is 2.50 bits per heavy atom. The molecule has 2 heterocycles. The number of aromatic nitrogens is 2. The van der Waals surface area contributed by atoms with Crippen molar-refractivity contribution in [2.24, 2.45) is 0 Å². The topological polar surface area (TPSA) is 78.4 Å². The van der Waals surface area contributed by atoms with Crippen molar-refractivity contribution in [3.63, 3.8) is 0 Å². The molecule has 0 bridgehead atoms. The number of rotatable bonds is 5. The van der Waals surface area contributed by atoms with E-state index in [9.17, 15) is 23.1 Å². The summed E-state index contributed by atoms with van der Waals surface area (Å²) in [6, 6.07) is 13.3. The molecular weight excluding hydrogens is 489 g/mol. The number of aliphatic hydroxyl groups is 1. The van der Waals surface area contributed by atoms with Gasteiger partial charge in [-0.2, -0.15) is 0 Å². The first kappa shape index (κ1) is 24.1. The number of para-hydroxylation sites is 1. The number of carbonyl (C=O) groups excluding carboxylic acids is 1. The SMILES string of the molecule is O=C(c1ccc(NSc2cccc3nccnc23)c(F)c1)N1CCC(O)(c2cccc(F)c2F)CC1. The van der Waals surface area contributed by atoms with E-state index in [0.717, 1.165) is 22.5 Å². The Labute approximate surface area is 209 Å². The number of amides is 1. The first-order chi connectivity index (χ1) is 17.4. The van der Waals surface area contributed by atoms with Crippen LogP contribution >= 0.6 is 11.9 Å². The number of hydrogen-bond acceptors (Lipinski definition) is 6. The Balaban J connectivity index is 1.25. The molecule has 36 heavy (non-hydrogen) atoms. The number of hydrogen-bond donors (Lipinski definition) is 2. The predicted molar refractivity (Wildman–Crippen MR) is 131 cm³/mol. The van der Waals surface area contributed by atoms with E-state index in [2.05, 4.69) is 14.7 Å². The van der Waals surface area contributed by atoms with Gasteiger partial charge in [-0.15, -0.1) is 0 Å². The lowest BCUT2D eigenvalue weighted by molar-refractivity contribution is -0.0240. The summed E-state index contributed by atoms with van der Waals surface area (Å²) in [6.07, 6.45) is 3.25. The Morgan fingerprint density at radius 1 is 0.972 bits per heavy atom. The molecule has 1 aliphatic rings. The maximum atomic E-state index is 14.8. The van der Waals surface area contributed by atoms with Gasteiger partial charge in [0.1, 0.15) is 11.3 Å². The number of fused-ring (bicyclic) bond motifs is 1. The number of piperidine rings is 1. The molecular formula is C26H21F3N4O2S. The zero-order valence-corrected chi connectivity index (χ0v) is 19.7. The molecule has 3 aromatic carbocycles. The second-order valence-corrected chi connectivity index (χ2v) is 9.35. The van der Waals surface area contributed by atoms with Crippen LogP contribution in [0.5, 0.6) is 0 Å². The monoisotopic (exact) mass is 510 g/mol. The quantitative estimate of drug-likeness (QED) is 0.355. The summed E-state index contributed by atoms with van der Waals surface area (Å²) in [7, 11) is 0. The van der Waals surface area contributed by atoms with Gasteiger partial charge in [-0.1, -0.05) is 18.2 Å². The number of nitrogens with one attached hydrogen (secondary N) is 1. The number of nitrogens with zero attached hydrogens (tertiary/aromatic N) is 3. The number of carbonyl (C=O) groups is 1. The highest BCUT2D eigenvalue weighted by Gasteiger charge is 2.38. The lowest BCUT2D eigenvalue weighted by Gasteiger charge is -2.38. The van der Waals surface area contributed by atoms with Crippen molar-refractivity contribution < 1.29 is 23.1 Å². The fraction of sp³-hybridized carbons (Fsp3) is 0.192. The van der Waals surface area contributed by atoms with Gasteiger partial charge in [0.25, 0.3) is 5.91 Å². The summed E-state index contributed by atoms with van der Waals surface area (Å²) in [4.78, 5) is 23.8. The standard InChI is InChI=1S/C26H21F3N4O2S/c27-18-4-1-3-17(23(18)29)26(35)9-13-33(14-10-26)25(34)16-7-8-20(19(28)15-16)32-36-22-6-2-5-21-24(22)31-12-11-30-21/h1-8,11-12,15,32,35H,9-10,13-14H2. The predicted octanol–water partition coefficient (Wildman–Crippen LogP) is 5.29. The van der Waals surface area contributed by atoms with Gasteiger partial charge in [0, 0.05) is 36.6 Å². The average Bonchev–Trinajstić information content (AvgIpc) is 2.89. The van der Waals surface area contributed by atoms with E-state index >= 15 is 0 Å². The molecule has 0 spiro atoms. The van der Waals surface area contributed by atoms with E-state index in [0.29, 0.717) is 5.52 Å². The molecule has 0 unspecified atom stereocenters. The van der Waals surface area contributed by atoms with Crippen LogP contribution < -0.4 is 4.72 Å². The minimum atomic E-state index is -1.58. The summed E-state index contributed by atoms with van der Waals surface area (Å²) in [5.41, 5.74) is 0.0667. The number of benzene rings is 3. The van der Waals surface area contributed by atoms with Crippen LogP contribution in [0, 0.1) is 17.5 Å². The fourth-order valence-electron chi connectivity index (χ4n) is 4.28. The van der Waals surface area contributed by atoms with Crippen LogP contribution in [-0.2, 0) is 5.60 Å². The van der Waals surface area contributed by atoms with E-state index in [-0.39, 0.29) is 42.7 Å². The second-order valence-electron chi connectivity index (χ2n) is 8.50. The van der Waals surface area contributed by atoms with E-state index < -0.39 is 29.0 Å². The van der Waals surface area contributed by atoms with Gasteiger partial charge in [-0.25, -0.2) is 13.2 Å². The van der Waals surface area contributed by atoms with Gasteiger partial charge in [0.05, 0.1) is 21.7 Å². The van der Waals surface area contributed by atoms with Crippen LogP contribution in [0.4, 0.5) is 18.9 Å². The van der Waals surface area contributed by atoms with Crippen molar-refractivity contribution in [3.8, 4) is 0 Å². The lowest BCUT2D eigenvalue weighted by atomic mass is 9.84. The third kappa shape index (κ3) is 4.61. The largest absolute Gasteiger partial charge is 0.385 e. The summed E-state index contributed by atoms with van der Waals surface area (Å²) in [5, 5.41) is 10.9. The molecule has 4 aromatic rings. The normalized spacial score (nSPS) is 15.2. The summed E-state index contributed by atoms with van der Waals surface area (Å²) < 4.78 is 45.6. The molecule has 0 saturated carbocycles. The van der Waals surface area contributed by atoms with Crippen LogP contribution in [0.15, 0.2) is 71.9 Å². The molecule has 0 aliphatic carbocycles. The third-order valence-electron chi connectivity index (χ3n) is 6.28. The van der Waals surface area contributed by atoms with Crippen molar-refractivity contribution in [1.29, 1.82) is 0 Å². The van der Waals surface area contributed by atoms with E-state index in [1.807, 2.05) is 18.2 Å². The molecule has 1 amide bonds. The molecule has 1 fully saturated rings. The van der Waals surface area contributed by atoms with Crippen LogP contribution in [0.3, 0.4) is 0 Å². The lowest BCUT2D eigenvalue weighted by Crippen LogP contribution is -2.45. The highest BCUT2D eigenvalue weighted by molar-refractivity contribution is 8.00. The minimum absolute atomic E-state index is 0.0335. The van der Waals surface area contributed by atoms with Crippen molar-refractivity contribution in [3.05, 3.63) is 95.6 Å². The van der Waals surface area contributed by atoms with Crippen LogP contribution in [0.2, 0.25) is 0 Å². The summed E-state index contributed by atoms with van der Waals surface area (Å²) >= 11 is 1.19. The van der Waals surface area contributed by atoms with Gasteiger partial charge in [0.2, 0.25) is 0 Å². The molecule has 10 heteroatoms. The van der Waals surface area contributed by atoms with Gasteiger partial charge in [-0.05, 0) is 61.2 Å². The molecule has 1 aromatic heterocycles. The molecule has 6 nitrogen and oxygen atoms in total. The zero-order valence-electron chi connectivity index (χ0n) is 18.9. The number of anilines is 1. The molecule has 0 radical (unpaired) electrons. The van der Waals surface area contributed by atoms with Crippen molar-refractivity contribution in [2.75, 3.05) is 17.8 Å². The maximum Gasteiger partial charge on any atom is 0.253 e. The highest BCUT2D eigenvalue weighted by atomic mass is 32.2. The first-order valence-corrected chi connectivity index (χ1v) is 12.1. The van der Waals surface area contributed by atoms with Gasteiger partial charge in [0.15, 0.2) is 11.6 Å². The highest BCUT2D eigenvalue weighted by Crippen LogP contribution is 2.35. The van der Waals surface area contributed by atoms with E-state index in [1.165, 1.54) is 41.1 Å². The Hall–Kier alpha value is -3.63. The van der Waals surface area contributed by atoms with Crippen LogP contribution in [-0.4, -0.2) is 39.0 Å². The average molecular weight is 511 g/mol. The molecule has 0 atom stereocenters. The first-order valence-electron chi connectivity index (χ1n) is 11.2. The molecule has 1 saturated heterocycles. The van der Waals surface area contributed by atoms with Crippen molar-refractivity contribution in [2.45, 2.75) is 23.3 Å². The second kappa shape index (κ2) is 9.79. The molecule has 2 N–H and O–H groups in total. The maximum absolute atomic E-state index is 14.8. The molecule has 1 aliphatic heterocycles. The third-order valence-corrected chi connectivity index (χ3v) is 7.15. The Kier molecular flexibility index (Phi) is 6.55. The number of likely N-dealkylation sites (tertiary alicyclic amines) is 1. The van der Waals surface area contributed by atoms with E-state index in [1.54, 1.807) is 12.4 Å².